The summed E-state index contributed by atoms with van der Waals surface area (Å²) in [4.78, 5) is 8.36. The molecule has 0 unspecified atom stereocenters. The third kappa shape index (κ3) is 89.3. The highest BCUT2D eigenvalue weighted by Gasteiger charge is 1.65. The molecule has 0 aliphatic heterocycles. The topological polar surface area (TPSA) is 170 Å². The largest absolute Gasteiger partial charge is 0.412 e. The lowest BCUT2D eigenvalue weighted by Crippen LogP contribution is -1.81. The average molecular weight is 132 g/mol. The van der Waals surface area contributed by atoms with Crippen LogP contribution in [-0.4, -0.2) is 26.3 Å². The molecule has 8 heteroatoms. The summed E-state index contributed by atoms with van der Waals surface area (Å²) < 4.78 is 0. The molecule has 8 heavy (non-hydrogen) atoms. The van der Waals surface area contributed by atoms with Crippen LogP contribution in [0.2, 0.25) is 0 Å². The lowest BCUT2D eigenvalue weighted by atomic mass is 13.1. The number of nitrogens with zero attached hydrogens (tertiary/aromatic N) is 1. The van der Waals surface area contributed by atoms with E-state index in [1.54, 1.807) is 0 Å². The maximum atomic E-state index is 8.36. The Bertz CT molecular complexity index is 29.5. The fourth-order valence-electron chi connectivity index (χ4n) is 0. The van der Waals surface area contributed by atoms with Crippen molar-refractivity contribution in [3.05, 3.63) is 10.1 Å². The van der Waals surface area contributed by atoms with Gasteiger partial charge in [-0.15, -0.1) is 10.1 Å². The van der Waals surface area contributed by atoms with E-state index >= 15 is 0 Å². The summed E-state index contributed by atoms with van der Waals surface area (Å²) in [6.07, 6.45) is 0. The van der Waals surface area contributed by atoms with Gasteiger partial charge in [-0.1, -0.05) is 0 Å². The van der Waals surface area contributed by atoms with Crippen LogP contribution < -0.4 is 6.15 Å². The van der Waals surface area contributed by atoms with Gasteiger partial charge < -0.3 is 16.8 Å². The fourth-order valence-corrected chi connectivity index (χ4v) is 0. The summed E-state index contributed by atoms with van der Waals surface area (Å²) in [5, 5.41) is 25.6. The van der Waals surface area contributed by atoms with Crippen LogP contribution in [0.15, 0.2) is 0 Å². The van der Waals surface area contributed by atoms with Crippen molar-refractivity contribution >= 4 is 0 Å². The Morgan fingerprint density at radius 3 is 1.38 bits per heavy atom. The molecule has 0 atom stereocenters. The summed E-state index contributed by atoms with van der Waals surface area (Å²) >= 11 is 0. The van der Waals surface area contributed by atoms with Crippen molar-refractivity contribution in [1.29, 1.82) is 0 Å². The molecule has 8 N–H and O–H groups in total. The van der Waals surface area contributed by atoms with Crippen molar-refractivity contribution in [1.82, 2.24) is 6.15 Å². The monoisotopic (exact) mass is 132 g/mol. The minimum atomic E-state index is -1.50. The SMILES string of the molecule is N.O.O=[N+]([O-])O.OO. The van der Waals surface area contributed by atoms with Gasteiger partial charge in [0.2, 0.25) is 0 Å². The molecule has 0 aliphatic rings. The molecule has 0 spiro atoms. The molecule has 0 fully saturated rings. The van der Waals surface area contributed by atoms with Crippen molar-refractivity contribution in [3.8, 4) is 0 Å². The smallest absolute Gasteiger partial charge is 0.291 e. The maximum absolute atomic E-state index is 8.36. The number of hydrogen-bond donors (Lipinski definition) is 4. The van der Waals surface area contributed by atoms with E-state index in [9.17, 15) is 0 Å². The first kappa shape index (κ1) is 27.8. The highest BCUT2D eigenvalue weighted by molar-refractivity contribution is 3.83. The minimum Gasteiger partial charge on any atom is -0.412 e. The molecule has 0 amide bonds. The Morgan fingerprint density at radius 2 is 1.38 bits per heavy atom. The predicted molar refractivity (Wildman–Crippen MR) is 22.7 cm³/mol. The zero-order valence-corrected chi connectivity index (χ0v) is 3.81. The molecule has 0 saturated carbocycles. The van der Waals surface area contributed by atoms with E-state index in [0.29, 0.717) is 0 Å². The zero-order valence-electron chi connectivity index (χ0n) is 3.81. The lowest BCUT2D eigenvalue weighted by molar-refractivity contribution is -0.742. The van der Waals surface area contributed by atoms with Crippen LogP contribution >= 0.6 is 0 Å². The van der Waals surface area contributed by atoms with Crippen LogP contribution in [0.25, 0.3) is 0 Å². The summed E-state index contributed by atoms with van der Waals surface area (Å²) in [6.45, 7) is 0. The van der Waals surface area contributed by atoms with E-state index < -0.39 is 5.09 Å². The van der Waals surface area contributed by atoms with Gasteiger partial charge in [-0.2, -0.15) is 0 Å². The molecular weight excluding hydrogens is 124 g/mol. The molecule has 0 radical (unpaired) electrons. The van der Waals surface area contributed by atoms with Gasteiger partial charge in [-0.3, -0.25) is 10.5 Å². The first-order valence-corrected chi connectivity index (χ1v) is 0.765. The number of rotatable bonds is 0. The summed E-state index contributed by atoms with van der Waals surface area (Å²) in [7, 11) is 0. The highest BCUT2D eigenvalue weighted by Crippen LogP contribution is 1.38. The van der Waals surface area contributed by atoms with E-state index in [1.165, 1.54) is 0 Å². The second-order valence-corrected chi connectivity index (χ2v) is 0.238. The van der Waals surface area contributed by atoms with Crippen LogP contribution in [0.3, 0.4) is 0 Å². The van der Waals surface area contributed by atoms with Crippen molar-refractivity contribution in [2.75, 3.05) is 0 Å². The summed E-state index contributed by atoms with van der Waals surface area (Å²) in [5.41, 5.74) is 0. The summed E-state index contributed by atoms with van der Waals surface area (Å²) in [5.74, 6) is 0. The first-order chi connectivity index (χ1) is 2.73. The van der Waals surface area contributed by atoms with E-state index in [1.807, 2.05) is 0 Å². The van der Waals surface area contributed by atoms with Gasteiger partial charge >= 0.3 is 0 Å². The quantitative estimate of drug-likeness (QED) is 0.187. The molecule has 0 aliphatic carbocycles. The van der Waals surface area contributed by atoms with Crippen LogP contribution in [0.1, 0.15) is 0 Å². The second-order valence-electron chi connectivity index (χ2n) is 0.238. The fraction of sp³-hybridized carbons (Fsp3) is 0. The van der Waals surface area contributed by atoms with Gasteiger partial charge in [0.1, 0.15) is 0 Å². The van der Waals surface area contributed by atoms with Crippen LogP contribution in [0.5, 0.6) is 0 Å². The molecule has 0 aromatic rings. The van der Waals surface area contributed by atoms with E-state index in [2.05, 4.69) is 0 Å². The highest BCUT2D eigenvalue weighted by atomic mass is 17.0. The van der Waals surface area contributed by atoms with Gasteiger partial charge in [0, 0.05) is 0 Å². The van der Waals surface area contributed by atoms with Crippen LogP contribution in [0.4, 0.5) is 0 Å². The Morgan fingerprint density at radius 1 is 1.38 bits per heavy atom. The Balaban J connectivity index is -0.0000000183. The molecular formula is H8N2O6. The average Bonchev–Trinajstić information content (AvgIpc) is 1.41. The molecule has 8 nitrogen and oxygen atoms in total. The normalized spacial score (nSPS) is 3.75. The van der Waals surface area contributed by atoms with Crippen molar-refractivity contribution < 1.29 is 26.3 Å². The van der Waals surface area contributed by atoms with Gasteiger partial charge in [0.15, 0.2) is 0 Å². The van der Waals surface area contributed by atoms with Gasteiger partial charge in [0.25, 0.3) is 5.09 Å². The molecule has 0 rings (SSSR count). The van der Waals surface area contributed by atoms with Gasteiger partial charge in [-0.05, 0) is 0 Å². The molecule has 0 heterocycles. The van der Waals surface area contributed by atoms with Crippen LogP contribution in [0, 0.1) is 10.1 Å². The third-order valence-electron chi connectivity index (χ3n) is 0. The van der Waals surface area contributed by atoms with E-state index in [4.69, 9.17) is 25.8 Å². The molecule has 0 saturated heterocycles. The molecule has 0 aromatic heterocycles. The van der Waals surface area contributed by atoms with Crippen molar-refractivity contribution in [3.63, 3.8) is 0 Å². The minimum absolute atomic E-state index is 0. The molecule has 0 aromatic carbocycles. The standard InChI is InChI=1S/HNO3.H3N.H2O2.H2O/c2-1(3)4;;1-2;/h(H,2,3,4);1H3;1-2H;1H2. The van der Waals surface area contributed by atoms with Gasteiger partial charge in [-0.25, -0.2) is 0 Å². The second kappa shape index (κ2) is 36.9. The Hall–Kier alpha value is -0.960. The van der Waals surface area contributed by atoms with E-state index in [-0.39, 0.29) is 11.6 Å². The zero-order chi connectivity index (χ0) is 5.58. The number of hydrogen-bond acceptors (Lipinski definition) is 5. The predicted octanol–water partition coefficient (Wildman–Crippen LogP) is -0.993. The Labute approximate surface area is 43.9 Å². The van der Waals surface area contributed by atoms with Gasteiger partial charge in [0.05, 0.1) is 0 Å². The maximum Gasteiger partial charge on any atom is 0.291 e. The lowest BCUT2D eigenvalue weighted by Gasteiger charge is -1.56. The van der Waals surface area contributed by atoms with Crippen molar-refractivity contribution in [2.45, 2.75) is 0 Å². The van der Waals surface area contributed by atoms with Crippen LogP contribution in [-0.2, 0) is 0 Å². The van der Waals surface area contributed by atoms with E-state index in [0.717, 1.165) is 0 Å². The molecule has 54 valence electrons. The molecule has 0 bridgehead atoms. The summed E-state index contributed by atoms with van der Waals surface area (Å²) in [6, 6.07) is 0. The first-order valence-electron chi connectivity index (χ1n) is 0.765. The Kier molecular flexibility index (Phi) is 128. The third-order valence-corrected chi connectivity index (χ3v) is 0. The van der Waals surface area contributed by atoms with Crippen molar-refractivity contribution in [2.24, 2.45) is 0 Å².